The van der Waals surface area contributed by atoms with Crippen LogP contribution in [-0.4, -0.2) is 6.73 Å². The molecule has 1 aromatic heterocycles. The summed E-state index contributed by atoms with van der Waals surface area (Å²) in [7, 11) is 0. The summed E-state index contributed by atoms with van der Waals surface area (Å²) in [5.74, 6) is 0.860. The van der Waals surface area contributed by atoms with Crippen LogP contribution in [0.5, 0.6) is 5.75 Å². The van der Waals surface area contributed by atoms with Crippen LogP contribution in [0.2, 0.25) is 0 Å². The summed E-state index contributed by atoms with van der Waals surface area (Å²) < 4.78 is 11.8. The van der Waals surface area contributed by atoms with Gasteiger partial charge in [-0.2, -0.15) is 0 Å². The first-order valence-electron chi connectivity index (χ1n) is 9.60. The quantitative estimate of drug-likeness (QED) is 0.433. The predicted octanol–water partition coefficient (Wildman–Crippen LogP) is 3.50. The maximum atomic E-state index is 12.4. The van der Waals surface area contributed by atoms with Gasteiger partial charge in [0.05, 0.1) is 5.39 Å². The molecular formula is C24H22NO3+. The van der Waals surface area contributed by atoms with Crippen LogP contribution < -0.4 is 15.3 Å². The number of hydrogen-bond acceptors (Lipinski definition) is 3. The van der Waals surface area contributed by atoms with Crippen LogP contribution in [0, 0.1) is 13.8 Å². The van der Waals surface area contributed by atoms with Crippen LogP contribution in [-0.2, 0) is 13.1 Å². The average Bonchev–Trinajstić information content (AvgIpc) is 2.71. The van der Waals surface area contributed by atoms with E-state index in [-0.39, 0.29) is 5.63 Å². The first kappa shape index (κ1) is 17.0. The second-order valence-electron chi connectivity index (χ2n) is 7.68. The highest BCUT2D eigenvalue weighted by Crippen LogP contribution is 2.34. The molecule has 0 saturated carbocycles. The van der Waals surface area contributed by atoms with Gasteiger partial charge < -0.3 is 9.15 Å². The van der Waals surface area contributed by atoms with Crippen molar-refractivity contribution in [2.45, 2.75) is 26.9 Å². The summed E-state index contributed by atoms with van der Waals surface area (Å²) in [5.41, 5.74) is 4.98. The zero-order valence-electron chi connectivity index (χ0n) is 16.0. The SMILES string of the molecule is Cc1ccc(C[NH+]2COc3c(cc4c(oc(=O)c5ccccc54)c3C)C2)cc1. The first-order chi connectivity index (χ1) is 13.6. The van der Waals surface area contributed by atoms with Gasteiger partial charge in [0.2, 0.25) is 6.73 Å². The van der Waals surface area contributed by atoms with Crippen molar-refractivity contribution in [1.82, 2.24) is 0 Å². The lowest BCUT2D eigenvalue weighted by Gasteiger charge is -2.27. The molecule has 4 heteroatoms. The fourth-order valence-electron chi connectivity index (χ4n) is 4.16. The van der Waals surface area contributed by atoms with E-state index in [2.05, 4.69) is 37.3 Å². The largest absolute Gasteiger partial charge is 0.444 e. The fourth-order valence-corrected chi connectivity index (χ4v) is 4.16. The molecule has 140 valence electrons. The van der Waals surface area contributed by atoms with Gasteiger partial charge in [0.15, 0.2) is 0 Å². The molecule has 3 aromatic carbocycles. The number of rotatable bonds is 2. The van der Waals surface area contributed by atoms with Gasteiger partial charge in [0.25, 0.3) is 0 Å². The van der Waals surface area contributed by atoms with E-state index in [4.69, 9.17) is 9.15 Å². The smallest absolute Gasteiger partial charge is 0.344 e. The van der Waals surface area contributed by atoms with E-state index < -0.39 is 0 Å². The van der Waals surface area contributed by atoms with Crippen LogP contribution in [0.25, 0.3) is 21.7 Å². The average molecular weight is 372 g/mol. The normalized spacial score (nSPS) is 16.1. The Balaban J connectivity index is 1.58. The molecule has 1 atom stereocenters. The Hall–Kier alpha value is -3.11. The Morgan fingerprint density at radius 1 is 0.964 bits per heavy atom. The van der Waals surface area contributed by atoms with Gasteiger partial charge in [-0.15, -0.1) is 0 Å². The molecular weight excluding hydrogens is 350 g/mol. The highest BCUT2D eigenvalue weighted by atomic mass is 16.5. The van der Waals surface area contributed by atoms with Crippen molar-refractivity contribution >= 4 is 21.7 Å². The second-order valence-corrected chi connectivity index (χ2v) is 7.68. The van der Waals surface area contributed by atoms with E-state index in [9.17, 15) is 4.79 Å². The van der Waals surface area contributed by atoms with Gasteiger partial charge in [-0.25, -0.2) is 4.79 Å². The summed E-state index contributed by atoms with van der Waals surface area (Å²) in [5, 5.41) is 2.53. The zero-order valence-corrected chi connectivity index (χ0v) is 16.0. The molecule has 0 saturated heterocycles. The standard InChI is InChI=1S/C24H21NO3/c1-15-7-9-17(10-8-15)12-25-13-18-11-21-19-5-3-4-6-20(19)24(26)28-23(21)16(2)22(18)27-14-25/h3-11H,12-14H2,1-2H3/p+1. The van der Waals surface area contributed by atoms with Crippen molar-refractivity contribution in [3.8, 4) is 5.75 Å². The molecule has 1 unspecified atom stereocenters. The third kappa shape index (κ3) is 2.77. The molecule has 0 aliphatic carbocycles. The van der Waals surface area contributed by atoms with E-state index in [1.807, 2.05) is 31.2 Å². The molecule has 28 heavy (non-hydrogen) atoms. The van der Waals surface area contributed by atoms with Crippen LogP contribution >= 0.6 is 0 Å². The highest BCUT2D eigenvalue weighted by molar-refractivity contribution is 6.06. The Morgan fingerprint density at radius 2 is 1.71 bits per heavy atom. The lowest BCUT2D eigenvalue weighted by molar-refractivity contribution is -0.945. The summed E-state index contributed by atoms with van der Waals surface area (Å²) in [6.45, 7) is 6.48. The van der Waals surface area contributed by atoms with E-state index >= 15 is 0 Å². The van der Waals surface area contributed by atoms with Crippen LogP contribution in [0.4, 0.5) is 0 Å². The number of fused-ring (bicyclic) bond motifs is 4. The third-order valence-corrected chi connectivity index (χ3v) is 5.60. The molecule has 1 aliphatic heterocycles. The summed E-state index contributed by atoms with van der Waals surface area (Å²) in [6.07, 6.45) is 0. The molecule has 4 nitrogen and oxygen atoms in total. The maximum absolute atomic E-state index is 12.4. The zero-order chi connectivity index (χ0) is 19.3. The minimum Gasteiger partial charge on any atom is -0.444 e. The molecule has 4 aromatic rings. The van der Waals surface area contributed by atoms with E-state index in [1.54, 1.807) is 0 Å². The van der Waals surface area contributed by atoms with Crippen molar-refractivity contribution in [3.63, 3.8) is 0 Å². The van der Waals surface area contributed by atoms with Crippen LogP contribution in [0.15, 0.2) is 63.8 Å². The molecule has 0 spiro atoms. The van der Waals surface area contributed by atoms with Gasteiger partial charge in [-0.1, -0.05) is 48.0 Å². The molecule has 5 rings (SSSR count). The topological polar surface area (TPSA) is 43.9 Å². The third-order valence-electron chi connectivity index (χ3n) is 5.60. The van der Waals surface area contributed by atoms with Crippen molar-refractivity contribution < 1.29 is 14.1 Å². The van der Waals surface area contributed by atoms with Gasteiger partial charge in [0, 0.05) is 22.1 Å². The van der Waals surface area contributed by atoms with Crippen molar-refractivity contribution in [1.29, 1.82) is 0 Å². The van der Waals surface area contributed by atoms with E-state index in [0.717, 1.165) is 40.7 Å². The van der Waals surface area contributed by atoms with Gasteiger partial charge in [-0.05, 0) is 31.4 Å². The Bertz CT molecular complexity index is 1260. The van der Waals surface area contributed by atoms with Crippen molar-refractivity contribution in [2.75, 3.05) is 6.73 Å². The van der Waals surface area contributed by atoms with E-state index in [1.165, 1.54) is 16.0 Å². The van der Waals surface area contributed by atoms with Crippen molar-refractivity contribution in [3.05, 3.63) is 87.3 Å². The van der Waals surface area contributed by atoms with Gasteiger partial charge in [0.1, 0.15) is 24.4 Å². The fraction of sp³-hybridized carbons (Fsp3) is 0.208. The molecule has 0 amide bonds. The van der Waals surface area contributed by atoms with Crippen molar-refractivity contribution in [2.24, 2.45) is 0 Å². The lowest BCUT2D eigenvalue weighted by Crippen LogP contribution is -3.10. The summed E-state index contributed by atoms with van der Waals surface area (Å²) in [6, 6.07) is 18.4. The summed E-state index contributed by atoms with van der Waals surface area (Å²) in [4.78, 5) is 13.7. The molecule has 0 radical (unpaired) electrons. The van der Waals surface area contributed by atoms with Gasteiger partial charge >= 0.3 is 5.63 Å². The highest BCUT2D eigenvalue weighted by Gasteiger charge is 2.25. The summed E-state index contributed by atoms with van der Waals surface area (Å²) >= 11 is 0. The second kappa shape index (κ2) is 6.50. The predicted molar refractivity (Wildman–Crippen MR) is 110 cm³/mol. The van der Waals surface area contributed by atoms with Gasteiger partial charge in [-0.3, -0.25) is 4.90 Å². The van der Waals surface area contributed by atoms with Crippen LogP contribution in [0.1, 0.15) is 22.3 Å². The number of benzene rings is 3. The number of ether oxygens (including phenoxy) is 1. The number of nitrogens with one attached hydrogen (secondary N) is 1. The van der Waals surface area contributed by atoms with Crippen LogP contribution in [0.3, 0.4) is 0 Å². The minimum absolute atomic E-state index is 0.298. The number of aryl methyl sites for hydroxylation is 2. The Labute approximate surface area is 163 Å². The number of quaternary nitrogens is 1. The molecule has 1 N–H and O–H groups in total. The Morgan fingerprint density at radius 3 is 2.50 bits per heavy atom. The Kier molecular flexibility index (Phi) is 3.95. The maximum Gasteiger partial charge on any atom is 0.344 e. The molecule has 2 heterocycles. The van der Waals surface area contributed by atoms with E-state index in [0.29, 0.717) is 17.7 Å². The minimum atomic E-state index is -0.298. The monoisotopic (exact) mass is 372 g/mol. The lowest BCUT2D eigenvalue weighted by atomic mass is 10.00. The molecule has 0 fully saturated rings. The first-order valence-corrected chi connectivity index (χ1v) is 9.60. The molecule has 1 aliphatic rings. The number of hydrogen-bond donors (Lipinski definition) is 1. The molecule has 0 bridgehead atoms.